The molecule has 0 bridgehead atoms. The summed E-state index contributed by atoms with van der Waals surface area (Å²) < 4.78 is 40.6. The number of hydrogen-bond acceptors (Lipinski definition) is 7. The van der Waals surface area contributed by atoms with E-state index in [-0.39, 0.29) is 28.3 Å². The number of nitrogens with one attached hydrogen (secondary N) is 1. The third kappa shape index (κ3) is 4.32. The van der Waals surface area contributed by atoms with Crippen molar-refractivity contribution in [2.75, 3.05) is 18.9 Å². The van der Waals surface area contributed by atoms with E-state index in [1.165, 1.54) is 43.1 Å². The van der Waals surface area contributed by atoms with E-state index in [0.29, 0.717) is 24.1 Å². The van der Waals surface area contributed by atoms with Gasteiger partial charge in [-0.25, -0.2) is 13.2 Å². The molecule has 30 heavy (non-hydrogen) atoms. The van der Waals surface area contributed by atoms with Crippen LogP contribution < -0.4 is 4.72 Å². The molecule has 0 aliphatic heterocycles. The minimum atomic E-state index is -4.15. The fourth-order valence-electron chi connectivity index (χ4n) is 3.77. The number of nitrogens with zero attached hydrogens (tertiary/aromatic N) is 3. The summed E-state index contributed by atoms with van der Waals surface area (Å²) in [5.74, 6) is -0.893. The van der Waals surface area contributed by atoms with Crippen molar-refractivity contribution in [3.05, 3.63) is 41.2 Å². The number of rotatable bonds is 6. The maximum absolute atomic E-state index is 13.3. The second-order valence-corrected chi connectivity index (χ2v) is 8.80. The second kappa shape index (κ2) is 8.85. The van der Waals surface area contributed by atoms with Gasteiger partial charge >= 0.3 is 5.97 Å². The van der Waals surface area contributed by atoms with E-state index in [4.69, 9.17) is 14.7 Å². The van der Waals surface area contributed by atoms with Crippen molar-refractivity contribution >= 4 is 21.7 Å². The number of benzene rings is 1. The summed E-state index contributed by atoms with van der Waals surface area (Å²) in [5, 5.41) is 13.3. The summed E-state index contributed by atoms with van der Waals surface area (Å²) in [6, 6.07) is 7.99. The maximum Gasteiger partial charge on any atom is 0.357 e. The van der Waals surface area contributed by atoms with Crippen LogP contribution in [0.5, 0.6) is 0 Å². The first kappa shape index (κ1) is 21.8. The Labute approximate surface area is 175 Å². The van der Waals surface area contributed by atoms with Crippen molar-refractivity contribution in [1.29, 1.82) is 5.26 Å². The molecule has 3 rings (SSSR count). The van der Waals surface area contributed by atoms with Crippen LogP contribution in [0, 0.1) is 11.3 Å². The molecular formula is C20H24N4O5S. The predicted octanol–water partition coefficient (Wildman–Crippen LogP) is 2.55. The number of hydrogen-bond donors (Lipinski definition) is 1. The van der Waals surface area contributed by atoms with Crippen molar-refractivity contribution < 1.29 is 22.7 Å². The lowest BCUT2D eigenvalue weighted by molar-refractivity contribution is 0.0583. The lowest BCUT2D eigenvalue weighted by atomic mass is 9.85. The Bertz CT molecular complexity index is 1060. The largest absolute Gasteiger partial charge is 0.464 e. The Morgan fingerprint density at radius 2 is 1.83 bits per heavy atom. The zero-order valence-electron chi connectivity index (χ0n) is 17.1. The topological polar surface area (TPSA) is 123 Å². The van der Waals surface area contributed by atoms with E-state index in [1.54, 1.807) is 7.11 Å². The van der Waals surface area contributed by atoms with Crippen LogP contribution in [-0.4, -0.2) is 44.5 Å². The number of anilines is 1. The summed E-state index contributed by atoms with van der Waals surface area (Å²) in [6.07, 6.45) is 3.12. The van der Waals surface area contributed by atoms with Gasteiger partial charge in [0, 0.05) is 25.8 Å². The molecule has 1 N–H and O–H groups in total. The molecule has 0 atom stereocenters. The predicted molar refractivity (Wildman–Crippen MR) is 109 cm³/mol. The Kier molecular flexibility index (Phi) is 6.43. The molecule has 10 heteroatoms. The lowest BCUT2D eigenvalue weighted by Crippen LogP contribution is -2.23. The highest BCUT2D eigenvalue weighted by Gasteiger charge is 2.36. The molecule has 1 aromatic carbocycles. The molecular weight excluding hydrogens is 408 g/mol. The molecule has 1 heterocycles. The highest BCUT2D eigenvalue weighted by molar-refractivity contribution is 7.92. The van der Waals surface area contributed by atoms with Crippen LogP contribution in [0.15, 0.2) is 29.2 Å². The summed E-state index contributed by atoms with van der Waals surface area (Å²) >= 11 is 0. The molecule has 1 aromatic heterocycles. The van der Waals surface area contributed by atoms with E-state index in [0.717, 1.165) is 12.8 Å². The van der Waals surface area contributed by atoms with Gasteiger partial charge in [-0.05, 0) is 49.9 Å². The lowest BCUT2D eigenvalue weighted by Gasteiger charge is -2.27. The van der Waals surface area contributed by atoms with Crippen LogP contribution in [0.25, 0.3) is 0 Å². The average Bonchev–Trinajstić information content (AvgIpc) is 3.11. The molecule has 160 valence electrons. The van der Waals surface area contributed by atoms with Gasteiger partial charge in [-0.15, -0.1) is 0 Å². The van der Waals surface area contributed by atoms with Gasteiger partial charge in [-0.2, -0.15) is 10.4 Å². The smallest absolute Gasteiger partial charge is 0.357 e. The van der Waals surface area contributed by atoms with Gasteiger partial charge in [0.2, 0.25) is 0 Å². The normalized spacial score (nSPS) is 19.1. The molecule has 1 saturated carbocycles. The quantitative estimate of drug-likeness (QED) is 0.696. The highest BCUT2D eigenvalue weighted by atomic mass is 32.2. The van der Waals surface area contributed by atoms with Crippen molar-refractivity contribution in [3.63, 3.8) is 0 Å². The first-order chi connectivity index (χ1) is 14.3. The minimum Gasteiger partial charge on any atom is -0.464 e. The van der Waals surface area contributed by atoms with Gasteiger partial charge in [0.25, 0.3) is 10.0 Å². The van der Waals surface area contributed by atoms with Crippen LogP contribution in [0.3, 0.4) is 0 Å². The highest BCUT2D eigenvalue weighted by Crippen LogP contribution is 2.38. The Morgan fingerprint density at radius 3 is 2.37 bits per heavy atom. The maximum atomic E-state index is 13.3. The van der Waals surface area contributed by atoms with Crippen molar-refractivity contribution in [2.45, 2.75) is 42.6 Å². The molecule has 9 nitrogen and oxygen atoms in total. The van der Waals surface area contributed by atoms with Crippen LogP contribution >= 0.6 is 0 Å². The number of aryl methyl sites for hydroxylation is 1. The molecule has 1 fully saturated rings. The fourth-order valence-corrected chi connectivity index (χ4v) is 5.27. The Balaban J connectivity index is 2.03. The average molecular weight is 433 g/mol. The van der Waals surface area contributed by atoms with E-state index in [1.807, 2.05) is 6.07 Å². The van der Waals surface area contributed by atoms with Crippen molar-refractivity contribution in [3.8, 4) is 6.07 Å². The zero-order chi connectivity index (χ0) is 21.9. The number of sulfonamides is 1. The van der Waals surface area contributed by atoms with Gasteiger partial charge in [-0.1, -0.05) is 0 Å². The number of nitriles is 1. The third-order valence-corrected chi connectivity index (χ3v) is 6.78. The number of methoxy groups -OCH3 is 2. The Hall–Kier alpha value is -2.90. The van der Waals surface area contributed by atoms with E-state index >= 15 is 0 Å². The number of carbonyl (C=O) groups excluding carboxylic acids is 1. The van der Waals surface area contributed by atoms with Crippen LogP contribution in [-0.2, 0) is 26.5 Å². The van der Waals surface area contributed by atoms with Gasteiger partial charge in [0.05, 0.1) is 30.5 Å². The minimum absolute atomic E-state index is 0.117. The van der Waals surface area contributed by atoms with E-state index < -0.39 is 16.0 Å². The van der Waals surface area contributed by atoms with E-state index in [9.17, 15) is 13.2 Å². The molecule has 2 aromatic rings. The van der Waals surface area contributed by atoms with Crippen LogP contribution in [0.4, 0.5) is 5.69 Å². The van der Waals surface area contributed by atoms with Gasteiger partial charge in [0.15, 0.2) is 5.69 Å². The van der Waals surface area contributed by atoms with Crippen LogP contribution in [0.1, 0.15) is 53.3 Å². The van der Waals surface area contributed by atoms with Crippen molar-refractivity contribution in [1.82, 2.24) is 9.78 Å². The summed E-state index contributed by atoms with van der Waals surface area (Å²) in [5.41, 5.74) is 0.920. The first-order valence-corrected chi connectivity index (χ1v) is 11.0. The van der Waals surface area contributed by atoms with Gasteiger partial charge in [0.1, 0.15) is 4.90 Å². The number of ether oxygens (including phenoxy) is 2. The van der Waals surface area contributed by atoms with Gasteiger partial charge < -0.3 is 9.47 Å². The SMILES string of the molecule is COC(=O)c1c(S(=O)(=O)Nc2ccc(C#N)cc2)c(C2CCC(OC)CC2)nn1C. The molecule has 0 radical (unpaired) electrons. The third-order valence-electron chi connectivity index (χ3n) is 5.34. The summed E-state index contributed by atoms with van der Waals surface area (Å²) in [4.78, 5) is 12.2. The van der Waals surface area contributed by atoms with Crippen LogP contribution in [0.2, 0.25) is 0 Å². The molecule has 1 aliphatic rings. The molecule has 1 aliphatic carbocycles. The summed E-state index contributed by atoms with van der Waals surface area (Å²) in [7, 11) is 0.243. The molecule has 0 saturated heterocycles. The fraction of sp³-hybridized carbons (Fsp3) is 0.450. The number of aromatic nitrogens is 2. The number of carbonyl (C=O) groups is 1. The van der Waals surface area contributed by atoms with Gasteiger partial charge in [-0.3, -0.25) is 9.40 Å². The first-order valence-electron chi connectivity index (χ1n) is 9.51. The summed E-state index contributed by atoms with van der Waals surface area (Å²) in [6.45, 7) is 0. The number of esters is 1. The standard InChI is InChI=1S/C20H24N4O5S/c1-24-18(20(25)29-3)19(17(22-24)14-6-10-16(28-2)11-7-14)30(26,27)23-15-8-4-13(12-21)5-9-15/h4-5,8-9,14,16,23H,6-7,10-11H2,1-3H3. The van der Waals surface area contributed by atoms with E-state index in [2.05, 4.69) is 9.82 Å². The molecule has 0 amide bonds. The zero-order valence-corrected chi connectivity index (χ0v) is 17.9. The molecule has 0 spiro atoms. The van der Waals surface area contributed by atoms with Crippen molar-refractivity contribution in [2.24, 2.45) is 7.05 Å². The monoisotopic (exact) mass is 432 g/mol. The Morgan fingerprint density at radius 1 is 1.20 bits per heavy atom. The second-order valence-electron chi connectivity index (χ2n) is 7.18. The molecule has 0 unspecified atom stereocenters.